The zero-order valence-electron chi connectivity index (χ0n) is 8.02. The molecule has 1 aromatic rings. The molecule has 0 bridgehead atoms. The largest absolute Gasteiger partial charge is 0.380 e. The van der Waals surface area contributed by atoms with Gasteiger partial charge in [-0.2, -0.15) is 0 Å². The fraction of sp³-hybridized carbons (Fsp3) is 0.400. The minimum atomic E-state index is 0.516. The Morgan fingerprint density at radius 1 is 1.50 bits per heavy atom. The number of nitrogens with two attached hydrogens (primary N) is 1. The molecule has 0 saturated heterocycles. The number of methoxy groups -OCH3 is 1. The van der Waals surface area contributed by atoms with Crippen molar-refractivity contribution >= 4 is 27.5 Å². The average Bonchev–Trinajstić information content (AvgIpc) is 2.12. The van der Waals surface area contributed by atoms with Crippen LogP contribution in [0.5, 0.6) is 0 Å². The van der Waals surface area contributed by atoms with Crippen LogP contribution in [-0.4, -0.2) is 13.7 Å². The van der Waals surface area contributed by atoms with Gasteiger partial charge in [0.2, 0.25) is 0 Å². The first-order chi connectivity index (χ1) is 6.69. The van der Waals surface area contributed by atoms with E-state index in [0.717, 1.165) is 27.0 Å². The lowest BCUT2D eigenvalue weighted by atomic mass is 10.1. The van der Waals surface area contributed by atoms with Gasteiger partial charge in [-0.15, -0.1) is 0 Å². The minimum Gasteiger partial charge on any atom is -0.380 e. The molecule has 0 aliphatic heterocycles. The maximum Gasteiger partial charge on any atom is 0.0738 e. The SMILES string of the molecule is COCc1c(Cl)cc(CCN)cc1Br. The summed E-state index contributed by atoms with van der Waals surface area (Å²) in [5.41, 5.74) is 7.60. The van der Waals surface area contributed by atoms with Gasteiger partial charge in [-0.25, -0.2) is 0 Å². The van der Waals surface area contributed by atoms with Crippen molar-refractivity contribution < 1.29 is 4.74 Å². The second kappa shape index (κ2) is 5.71. The molecular weight excluding hydrogens is 265 g/mol. The zero-order chi connectivity index (χ0) is 10.6. The van der Waals surface area contributed by atoms with Crippen molar-refractivity contribution in [3.63, 3.8) is 0 Å². The third kappa shape index (κ3) is 2.95. The fourth-order valence-corrected chi connectivity index (χ4v) is 2.28. The van der Waals surface area contributed by atoms with E-state index >= 15 is 0 Å². The topological polar surface area (TPSA) is 35.2 Å². The summed E-state index contributed by atoms with van der Waals surface area (Å²) >= 11 is 9.56. The molecule has 0 atom stereocenters. The van der Waals surface area contributed by atoms with Crippen LogP contribution in [0, 0.1) is 0 Å². The lowest BCUT2D eigenvalue weighted by Gasteiger charge is -2.08. The second-order valence-corrected chi connectivity index (χ2v) is 4.27. The Kier molecular flexibility index (Phi) is 4.89. The zero-order valence-corrected chi connectivity index (χ0v) is 10.4. The monoisotopic (exact) mass is 277 g/mol. The second-order valence-electron chi connectivity index (χ2n) is 3.01. The molecule has 0 fully saturated rings. The van der Waals surface area contributed by atoms with Crippen molar-refractivity contribution in [2.24, 2.45) is 5.73 Å². The van der Waals surface area contributed by atoms with Crippen LogP contribution in [0.25, 0.3) is 0 Å². The molecule has 14 heavy (non-hydrogen) atoms. The molecule has 1 aromatic carbocycles. The van der Waals surface area contributed by atoms with Gasteiger partial charge < -0.3 is 10.5 Å². The molecule has 1 rings (SSSR count). The van der Waals surface area contributed by atoms with Crippen molar-refractivity contribution in [2.75, 3.05) is 13.7 Å². The molecule has 0 unspecified atom stereocenters. The van der Waals surface area contributed by atoms with E-state index in [0.29, 0.717) is 13.2 Å². The van der Waals surface area contributed by atoms with Gasteiger partial charge in [0.15, 0.2) is 0 Å². The number of halogens is 2. The summed E-state index contributed by atoms with van der Waals surface area (Å²) in [6, 6.07) is 3.97. The van der Waals surface area contributed by atoms with Gasteiger partial charge in [0.05, 0.1) is 6.61 Å². The smallest absolute Gasteiger partial charge is 0.0738 e. The molecular formula is C10H13BrClNO. The van der Waals surface area contributed by atoms with Crippen LogP contribution in [0.4, 0.5) is 0 Å². The maximum absolute atomic E-state index is 6.10. The van der Waals surface area contributed by atoms with E-state index in [4.69, 9.17) is 22.1 Å². The molecule has 0 aliphatic rings. The van der Waals surface area contributed by atoms with E-state index in [1.165, 1.54) is 0 Å². The van der Waals surface area contributed by atoms with Crippen molar-refractivity contribution in [2.45, 2.75) is 13.0 Å². The average molecular weight is 279 g/mol. The Hall–Kier alpha value is -0.0900. The molecule has 0 amide bonds. The number of ether oxygens (including phenoxy) is 1. The van der Waals surface area contributed by atoms with Gasteiger partial charge in [0, 0.05) is 22.2 Å². The van der Waals surface area contributed by atoms with Gasteiger partial charge in [0.1, 0.15) is 0 Å². The van der Waals surface area contributed by atoms with Gasteiger partial charge in [-0.1, -0.05) is 27.5 Å². The first-order valence-corrected chi connectivity index (χ1v) is 5.52. The quantitative estimate of drug-likeness (QED) is 0.919. The van der Waals surface area contributed by atoms with Gasteiger partial charge >= 0.3 is 0 Å². The molecule has 0 aliphatic carbocycles. The summed E-state index contributed by atoms with van der Waals surface area (Å²) in [5, 5.41) is 0.727. The third-order valence-electron chi connectivity index (χ3n) is 1.92. The van der Waals surface area contributed by atoms with Gasteiger partial charge in [0.25, 0.3) is 0 Å². The molecule has 0 aromatic heterocycles. The highest BCUT2D eigenvalue weighted by atomic mass is 79.9. The van der Waals surface area contributed by atoms with Crippen LogP contribution in [0.2, 0.25) is 5.02 Å². The Labute approximate surface area is 97.5 Å². The van der Waals surface area contributed by atoms with Gasteiger partial charge in [-0.05, 0) is 30.7 Å². The number of benzene rings is 1. The van der Waals surface area contributed by atoms with E-state index in [1.807, 2.05) is 12.1 Å². The summed E-state index contributed by atoms with van der Waals surface area (Å²) < 4.78 is 6.03. The fourth-order valence-electron chi connectivity index (χ4n) is 1.25. The predicted octanol–water partition coefficient (Wildman–Crippen LogP) is 2.75. The first kappa shape index (κ1) is 12.0. The van der Waals surface area contributed by atoms with Crippen molar-refractivity contribution in [1.82, 2.24) is 0 Å². The molecule has 4 heteroatoms. The molecule has 78 valence electrons. The van der Waals surface area contributed by atoms with Crippen LogP contribution in [0.1, 0.15) is 11.1 Å². The Bertz CT molecular complexity index is 294. The summed E-state index contributed by atoms with van der Waals surface area (Å²) in [7, 11) is 1.65. The van der Waals surface area contributed by atoms with Crippen LogP contribution in [-0.2, 0) is 17.8 Å². The normalized spacial score (nSPS) is 10.6. The first-order valence-electron chi connectivity index (χ1n) is 4.34. The van der Waals surface area contributed by atoms with E-state index < -0.39 is 0 Å². The summed E-state index contributed by atoms with van der Waals surface area (Å²) in [6.07, 6.45) is 0.839. The highest BCUT2D eigenvalue weighted by molar-refractivity contribution is 9.10. The molecule has 0 saturated carbocycles. The summed E-state index contributed by atoms with van der Waals surface area (Å²) in [4.78, 5) is 0. The van der Waals surface area contributed by atoms with E-state index in [1.54, 1.807) is 7.11 Å². The van der Waals surface area contributed by atoms with E-state index in [-0.39, 0.29) is 0 Å². The van der Waals surface area contributed by atoms with Crippen molar-refractivity contribution in [1.29, 1.82) is 0 Å². The molecule has 2 N–H and O–H groups in total. The molecule has 2 nitrogen and oxygen atoms in total. The van der Waals surface area contributed by atoms with Crippen LogP contribution in [0.15, 0.2) is 16.6 Å². The van der Waals surface area contributed by atoms with Crippen LogP contribution < -0.4 is 5.73 Å². The summed E-state index contributed by atoms with van der Waals surface area (Å²) in [6.45, 7) is 1.15. The Morgan fingerprint density at radius 2 is 2.21 bits per heavy atom. The highest BCUT2D eigenvalue weighted by Gasteiger charge is 2.07. The predicted molar refractivity (Wildman–Crippen MR) is 62.6 cm³/mol. The van der Waals surface area contributed by atoms with E-state index in [9.17, 15) is 0 Å². The molecule has 0 spiro atoms. The Morgan fingerprint density at radius 3 is 2.71 bits per heavy atom. The van der Waals surface area contributed by atoms with E-state index in [2.05, 4.69) is 15.9 Å². The lowest BCUT2D eigenvalue weighted by Crippen LogP contribution is -2.03. The maximum atomic E-state index is 6.10. The van der Waals surface area contributed by atoms with Crippen LogP contribution in [0.3, 0.4) is 0 Å². The number of hydrogen-bond acceptors (Lipinski definition) is 2. The van der Waals surface area contributed by atoms with Crippen molar-refractivity contribution in [3.05, 3.63) is 32.8 Å². The minimum absolute atomic E-state index is 0.516. The highest BCUT2D eigenvalue weighted by Crippen LogP contribution is 2.27. The Balaban J connectivity index is 2.98. The van der Waals surface area contributed by atoms with Crippen molar-refractivity contribution in [3.8, 4) is 0 Å². The lowest BCUT2D eigenvalue weighted by molar-refractivity contribution is 0.184. The molecule has 0 heterocycles. The standard InChI is InChI=1S/C10H13BrClNO/c1-14-6-8-9(11)4-7(2-3-13)5-10(8)12/h4-5H,2-3,6,13H2,1H3. The third-order valence-corrected chi connectivity index (χ3v) is 2.97. The number of hydrogen-bond donors (Lipinski definition) is 1. The number of rotatable bonds is 4. The van der Waals surface area contributed by atoms with Crippen LogP contribution >= 0.6 is 27.5 Å². The van der Waals surface area contributed by atoms with Gasteiger partial charge in [-0.3, -0.25) is 0 Å². The molecule has 0 radical (unpaired) electrons. The summed E-state index contributed by atoms with van der Waals surface area (Å²) in [5.74, 6) is 0.